The third-order valence-electron chi connectivity index (χ3n) is 4.57. The molecule has 1 heterocycles. The topological polar surface area (TPSA) is 91.0 Å². The van der Waals surface area contributed by atoms with E-state index in [-0.39, 0.29) is 23.9 Å². The Labute approximate surface area is 229 Å². The van der Waals surface area contributed by atoms with E-state index in [4.69, 9.17) is 9.47 Å². The van der Waals surface area contributed by atoms with Crippen molar-refractivity contribution in [3.05, 3.63) is 104 Å². The molecule has 0 aliphatic carbocycles. The predicted molar refractivity (Wildman–Crippen MR) is 149 cm³/mol. The van der Waals surface area contributed by atoms with Gasteiger partial charge in [0, 0.05) is 21.3 Å². The molecule has 3 aromatic rings. The van der Waals surface area contributed by atoms with Crippen molar-refractivity contribution in [3.63, 3.8) is 0 Å². The van der Waals surface area contributed by atoms with Crippen LogP contribution in [0.25, 0.3) is 6.08 Å². The molecular weight excluding hydrogens is 765 g/mol. The minimum Gasteiger partial charge on any atom is -0.487 e. The number of carbonyl (C=O) groups is 1. The van der Waals surface area contributed by atoms with Gasteiger partial charge in [-0.25, -0.2) is 9.79 Å². The van der Waals surface area contributed by atoms with Gasteiger partial charge in [-0.15, -0.1) is 0 Å². The van der Waals surface area contributed by atoms with Gasteiger partial charge in [-0.2, -0.15) is 0 Å². The summed E-state index contributed by atoms with van der Waals surface area (Å²) in [5.74, 6) is 0.496. The van der Waals surface area contributed by atoms with Crippen LogP contribution in [0.4, 0.5) is 5.69 Å². The monoisotopic (exact) mass is 778 g/mol. The van der Waals surface area contributed by atoms with Crippen LogP contribution in [0.1, 0.15) is 16.7 Å². The Kier molecular flexibility index (Phi) is 7.63. The van der Waals surface area contributed by atoms with Gasteiger partial charge in [0.2, 0.25) is 5.90 Å². The van der Waals surface area contributed by atoms with Gasteiger partial charge in [0.25, 0.3) is 5.69 Å². The molecule has 0 saturated carbocycles. The summed E-state index contributed by atoms with van der Waals surface area (Å²) in [7, 11) is 0. The van der Waals surface area contributed by atoms with E-state index >= 15 is 0 Å². The van der Waals surface area contributed by atoms with Gasteiger partial charge >= 0.3 is 5.97 Å². The molecule has 0 atom stereocenters. The Bertz CT molecular complexity index is 1280. The normalized spacial score (nSPS) is 14.2. The van der Waals surface area contributed by atoms with Crippen molar-refractivity contribution in [2.45, 2.75) is 6.61 Å². The molecule has 0 aromatic heterocycles. The van der Waals surface area contributed by atoms with Crippen molar-refractivity contribution < 1.29 is 19.2 Å². The lowest BCUT2D eigenvalue weighted by atomic mass is 10.2. The Hall–Kier alpha value is -2.07. The van der Waals surface area contributed by atoms with E-state index < -0.39 is 10.9 Å². The zero-order chi connectivity index (χ0) is 23.5. The number of esters is 1. The predicted octanol–water partition coefficient (Wildman–Crippen LogP) is 6.33. The average Bonchev–Trinajstić information content (AvgIpc) is 3.14. The molecule has 0 unspecified atom stereocenters. The molecule has 1 aliphatic rings. The number of rotatable bonds is 6. The average molecular weight is 778 g/mol. The Morgan fingerprint density at radius 1 is 1.00 bits per heavy atom. The third kappa shape index (κ3) is 5.90. The first-order valence-corrected chi connectivity index (χ1v) is 12.7. The van der Waals surface area contributed by atoms with E-state index in [2.05, 4.69) is 72.8 Å². The minimum absolute atomic E-state index is 0.0403. The fourth-order valence-corrected chi connectivity index (χ4v) is 5.44. The van der Waals surface area contributed by atoms with E-state index in [0.29, 0.717) is 5.75 Å². The first kappa shape index (κ1) is 24.1. The molecular formula is C23H13I3N2O5. The maximum absolute atomic E-state index is 12.3. The number of nitro benzene ring substituents is 1. The van der Waals surface area contributed by atoms with Crippen LogP contribution in [0.2, 0.25) is 0 Å². The molecule has 0 bridgehead atoms. The number of carbonyl (C=O) groups excluding carboxylic acids is 1. The van der Waals surface area contributed by atoms with Gasteiger partial charge in [0.05, 0.1) is 12.1 Å². The molecule has 4 rings (SSSR count). The summed E-state index contributed by atoms with van der Waals surface area (Å²) < 4.78 is 14.1. The molecule has 0 amide bonds. The summed E-state index contributed by atoms with van der Waals surface area (Å²) in [4.78, 5) is 27.0. The van der Waals surface area contributed by atoms with E-state index in [1.165, 1.54) is 12.1 Å². The molecule has 7 nitrogen and oxygen atoms in total. The van der Waals surface area contributed by atoms with Crippen molar-refractivity contribution >= 4 is 91.4 Å². The number of non-ortho nitro benzene ring substituents is 1. The number of aliphatic imine (C=N–C) groups is 1. The molecule has 1 aliphatic heterocycles. The third-order valence-corrected chi connectivity index (χ3v) is 6.89. The molecule has 3 aromatic carbocycles. The second-order valence-corrected chi connectivity index (χ2v) is 10.4. The smallest absolute Gasteiger partial charge is 0.363 e. The number of halogens is 3. The summed E-state index contributed by atoms with van der Waals surface area (Å²) in [6.07, 6.45) is 1.69. The van der Waals surface area contributed by atoms with E-state index in [0.717, 1.165) is 27.4 Å². The second kappa shape index (κ2) is 10.5. The molecule has 0 spiro atoms. The van der Waals surface area contributed by atoms with Gasteiger partial charge in [-0.1, -0.05) is 0 Å². The van der Waals surface area contributed by atoms with Crippen LogP contribution >= 0.6 is 67.8 Å². The first-order valence-electron chi connectivity index (χ1n) is 9.44. The first-order chi connectivity index (χ1) is 15.8. The standard InChI is InChI=1S/C23H13I3N2O5/c24-16-5-3-15(4-6-16)22-27-20(23(29)33-22)11-14-9-18(25)21(19(26)10-14)32-12-13-1-7-17(8-2-13)28(30)31/h1-11H,12H2/b20-11-. The number of benzene rings is 3. The lowest BCUT2D eigenvalue weighted by molar-refractivity contribution is -0.384. The highest BCUT2D eigenvalue weighted by Gasteiger charge is 2.24. The second-order valence-electron chi connectivity index (χ2n) is 6.87. The molecule has 0 radical (unpaired) electrons. The highest BCUT2D eigenvalue weighted by molar-refractivity contribution is 14.1. The van der Waals surface area contributed by atoms with Crippen LogP contribution in [0.5, 0.6) is 5.75 Å². The Morgan fingerprint density at radius 3 is 2.24 bits per heavy atom. The number of hydrogen-bond acceptors (Lipinski definition) is 6. The number of cyclic esters (lactones) is 1. The lowest BCUT2D eigenvalue weighted by Gasteiger charge is -2.11. The molecule has 0 fully saturated rings. The van der Waals surface area contributed by atoms with Crippen LogP contribution in [-0.2, 0) is 16.1 Å². The fourth-order valence-electron chi connectivity index (χ4n) is 2.95. The van der Waals surface area contributed by atoms with Crippen LogP contribution in [0, 0.1) is 20.8 Å². The number of hydrogen-bond donors (Lipinski definition) is 0. The molecule has 10 heteroatoms. The lowest BCUT2D eigenvalue weighted by Crippen LogP contribution is -2.05. The summed E-state index contributed by atoms with van der Waals surface area (Å²) in [6.45, 7) is 0.278. The minimum atomic E-state index is -0.493. The van der Waals surface area contributed by atoms with E-state index in [1.807, 2.05) is 36.4 Å². The SMILES string of the molecule is O=C1OC(c2ccc(I)cc2)=N/C1=C\c1cc(I)c(OCc2ccc([N+](=O)[O-])cc2)c(I)c1. The van der Waals surface area contributed by atoms with Gasteiger partial charge in [0.1, 0.15) is 12.4 Å². The van der Waals surface area contributed by atoms with Crippen molar-refractivity contribution in [1.82, 2.24) is 0 Å². The summed E-state index contributed by atoms with van der Waals surface area (Å²) in [5, 5.41) is 10.8. The number of ether oxygens (including phenoxy) is 2. The largest absolute Gasteiger partial charge is 0.487 e. The summed E-state index contributed by atoms with van der Waals surface area (Å²) >= 11 is 6.56. The van der Waals surface area contributed by atoms with Crippen molar-refractivity contribution in [2.75, 3.05) is 0 Å². The molecule has 33 heavy (non-hydrogen) atoms. The maximum atomic E-state index is 12.3. The molecule has 0 saturated heterocycles. The van der Waals surface area contributed by atoms with Gasteiger partial charge in [-0.05, 0) is 134 Å². The van der Waals surface area contributed by atoms with Gasteiger partial charge in [-0.3, -0.25) is 10.1 Å². The van der Waals surface area contributed by atoms with Crippen LogP contribution in [0.3, 0.4) is 0 Å². The zero-order valence-corrected chi connectivity index (χ0v) is 23.1. The van der Waals surface area contributed by atoms with E-state index in [9.17, 15) is 14.9 Å². The quantitative estimate of drug-likeness (QED) is 0.0960. The van der Waals surface area contributed by atoms with Crippen LogP contribution < -0.4 is 4.74 Å². The maximum Gasteiger partial charge on any atom is 0.363 e. The molecule has 0 N–H and O–H groups in total. The van der Waals surface area contributed by atoms with Crippen LogP contribution in [-0.4, -0.2) is 16.8 Å². The van der Waals surface area contributed by atoms with Crippen molar-refractivity contribution in [3.8, 4) is 5.75 Å². The number of nitro groups is 1. The molecule has 166 valence electrons. The van der Waals surface area contributed by atoms with Crippen molar-refractivity contribution in [1.29, 1.82) is 0 Å². The Balaban J connectivity index is 1.51. The summed E-state index contributed by atoms with van der Waals surface area (Å²) in [6, 6.07) is 17.6. The fraction of sp³-hybridized carbons (Fsp3) is 0.0435. The van der Waals surface area contributed by atoms with Crippen LogP contribution in [0.15, 0.2) is 71.4 Å². The van der Waals surface area contributed by atoms with Gasteiger partial charge in [0.15, 0.2) is 5.70 Å². The van der Waals surface area contributed by atoms with Gasteiger partial charge < -0.3 is 9.47 Å². The van der Waals surface area contributed by atoms with Crippen molar-refractivity contribution in [2.24, 2.45) is 4.99 Å². The Morgan fingerprint density at radius 2 is 1.64 bits per heavy atom. The van der Waals surface area contributed by atoms with E-state index in [1.54, 1.807) is 18.2 Å². The number of nitrogens with zero attached hydrogens (tertiary/aromatic N) is 2. The highest BCUT2D eigenvalue weighted by atomic mass is 127. The summed E-state index contributed by atoms with van der Waals surface area (Å²) in [5.41, 5.74) is 2.63. The zero-order valence-electron chi connectivity index (χ0n) is 16.6. The highest BCUT2D eigenvalue weighted by Crippen LogP contribution is 2.31.